The van der Waals surface area contributed by atoms with Crippen molar-refractivity contribution in [3.8, 4) is 11.3 Å². The van der Waals surface area contributed by atoms with Gasteiger partial charge in [0, 0.05) is 19.7 Å². The zero-order valence-electron chi connectivity index (χ0n) is 8.27. The lowest BCUT2D eigenvalue weighted by Crippen LogP contribution is -2.08. The molecule has 2 aromatic rings. The van der Waals surface area contributed by atoms with Crippen molar-refractivity contribution in [2.75, 3.05) is 19.0 Å². The molecule has 3 nitrogen and oxygen atoms in total. The van der Waals surface area contributed by atoms with Crippen LogP contribution in [0.4, 0.5) is 6.01 Å². The predicted molar refractivity (Wildman–Crippen MR) is 56.3 cm³/mol. The van der Waals surface area contributed by atoms with Crippen LogP contribution in [-0.4, -0.2) is 19.1 Å². The minimum Gasteiger partial charge on any atom is -0.423 e. The Morgan fingerprint density at radius 1 is 1.14 bits per heavy atom. The minimum atomic E-state index is 0.629. The summed E-state index contributed by atoms with van der Waals surface area (Å²) in [5.41, 5.74) is 1.05. The molecular weight excluding hydrogens is 176 g/mol. The first-order valence-electron chi connectivity index (χ1n) is 4.46. The summed E-state index contributed by atoms with van der Waals surface area (Å²) >= 11 is 0. The second-order valence-electron chi connectivity index (χ2n) is 3.27. The van der Waals surface area contributed by atoms with E-state index in [1.807, 2.05) is 49.3 Å². The van der Waals surface area contributed by atoms with E-state index in [0.29, 0.717) is 6.01 Å². The van der Waals surface area contributed by atoms with Gasteiger partial charge in [-0.3, -0.25) is 0 Å². The van der Waals surface area contributed by atoms with Crippen LogP contribution in [0, 0.1) is 0 Å². The van der Waals surface area contributed by atoms with Crippen LogP contribution in [0.1, 0.15) is 0 Å². The molecule has 0 fully saturated rings. The van der Waals surface area contributed by atoms with Gasteiger partial charge in [-0.2, -0.15) is 0 Å². The molecule has 2 rings (SSSR count). The quantitative estimate of drug-likeness (QED) is 0.724. The standard InChI is InChI=1S/C11H12N2O/c1-13(2)11-12-8-10(14-11)9-6-4-3-5-7-9/h3-8H,1-2H3. The molecule has 14 heavy (non-hydrogen) atoms. The zero-order chi connectivity index (χ0) is 9.97. The molecule has 1 heterocycles. The van der Waals surface area contributed by atoms with Gasteiger partial charge < -0.3 is 9.32 Å². The second-order valence-corrected chi connectivity index (χ2v) is 3.27. The van der Waals surface area contributed by atoms with Gasteiger partial charge in [0.05, 0.1) is 6.20 Å². The number of benzene rings is 1. The highest BCUT2D eigenvalue weighted by molar-refractivity contribution is 5.57. The number of hydrogen-bond donors (Lipinski definition) is 0. The van der Waals surface area contributed by atoms with Crippen LogP contribution in [0.2, 0.25) is 0 Å². The average Bonchev–Trinajstić information content (AvgIpc) is 2.68. The van der Waals surface area contributed by atoms with Crippen LogP contribution >= 0.6 is 0 Å². The van der Waals surface area contributed by atoms with E-state index in [4.69, 9.17) is 4.42 Å². The first-order chi connectivity index (χ1) is 6.77. The van der Waals surface area contributed by atoms with Crippen molar-refractivity contribution in [3.05, 3.63) is 36.5 Å². The van der Waals surface area contributed by atoms with Gasteiger partial charge in [0.15, 0.2) is 5.76 Å². The van der Waals surface area contributed by atoms with E-state index in [1.54, 1.807) is 6.20 Å². The van der Waals surface area contributed by atoms with Crippen molar-refractivity contribution in [1.29, 1.82) is 0 Å². The molecule has 0 saturated heterocycles. The number of aromatic nitrogens is 1. The van der Waals surface area contributed by atoms with E-state index in [-0.39, 0.29) is 0 Å². The summed E-state index contributed by atoms with van der Waals surface area (Å²) in [6.07, 6.45) is 1.74. The van der Waals surface area contributed by atoms with E-state index in [2.05, 4.69) is 4.98 Å². The Kier molecular flexibility index (Phi) is 2.23. The van der Waals surface area contributed by atoms with Crippen molar-refractivity contribution in [2.45, 2.75) is 0 Å². The summed E-state index contributed by atoms with van der Waals surface area (Å²) in [5, 5.41) is 0. The van der Waals surface area contributed by atoms with Gasteiger partial charge in [0.2, 0.25) is 0 Å². The molecule has 1 aromatic heterocycles. The lowest BCUT2D eigenvalue weighted by atomic mass is 10.2. The third-order valence-electron chi connectivity index (χ3n) is 1.93. The topological polar surface area (TPSA) is 29.3 Å². The minimum absolute atomic E-state index is 0.629. The molecule has 0 amide bonds. The van der Waals surface area contributed by atoms with Gasteiger partial charge in [-0.05, 0) is 0 Å². The molecule has 1 aromatic carbocycles. The van der Waals surface area contributed by atoms with Crippen LogP contribution in [0.5, 0.6) is 0 Å². The molecule has 72 valence electrons. The maximum atomic E-state index is 5.55. The highest BCUT2D eigenvalue weighted by atomic mass is 16.4. The monoisotopic (exact) mass is 188 g/mol. The molecule has 0 atom stereocenters. The lowest BCUT2D eigenvalue weighted by molar-refractivity contribution is 0.569. The highest BCUT2D eigenvalue weighted by Crippen LogP contribution is 2.22. The number of anilines is 1. The summed E-state index contributed by atoms with van der Waals surface area (Å²) < 4.78 is 5.55. The smallest absolute Gasteiger partial charge is 0.297 e. The second kappa shape index (κ2) is 3.54. The van der Waals surface area contributed by atoms with Crippen LogP contribution < -0.4 is 4.90 Å². The van der Waals surface area contributed by atoms with Crippen LogP contribution in [-0.2, 0) is 0 Å². The van der Waals surface area contributed by atoms with Crippen molar-refractivity contribution >= 4 is 6.01 Å². The van der Waals surface area contributed by atoms with E-state index in [9.17, 15) is 0 Å². The van der Waals surface area contributed by atoms with Gasteiger partial charge in [0.1, 0.15) is 0 Å². The van der Waals surface area contributed by atoms with Gasteiger partial charge in [-0.1, -0.05) is 30.3 Å². The fraction of sp³-hybridized carbons (Fsp3) is 0.182. The maximum absolute atomic E-state index is 5.55. The SMILES string of the molecule is CN(C)c1ncc(-c2ccccc2)o1. The first-order valence-corrected chi connectivity index (χ1v) is 4.46. The Morgan fingerprint density at radius 3 is 2.43 bits per heavy atom. The zero-order valence-corrected chi connectivity index (χ0v) is 8.27. The third-order valence-corrected chi connectivity index (χ3v) is 1.93. The van der Waals surface area contributed by atoms with E-state index >= 15 is 0 Å². The maximum Gasteiger partial charge on any atom is 0.297 e. The van der Waals surface area contributed by atoms with E-state index < -0.39 is 0 Å². The van der Waals surface area contributed by atoms with E-state index in [0.717, 1.165) is 11.3 Å². The summed E-state index contributed by atoms with van der Waals surface area (Å²) in [5.74, 6) is 0.800. The normalized spacial score (nSPS) is 10.1. The number of nitrogens with zero attached hydrogens (tertiary/aromatic N) is 2. The van der Waals surface area contributed by atoms with Crippen LogP contribution in [0.3, 0.4) is 0 Å². The summed E-state index contributed by atoms with van der Waals surface area (Å²) in [7, 11) is 3.81. The van der Waals surface area contributed by atoms with Crippen molar-refractivity contribution < 1.29 is 4.42 Å². The number of rotatable bonds is 2. The average molecular weight is 188 g/mol. The summed E-state index contributed by atoms with van der Waals surface area (Å²) in [4.78, 5) is 5.99. The Labute approximate surface area is 83.0 Å². The Hall–Kier alpha value is -1.77. The molecule has 0 spiro atoms. The molecule has 0 radical (unpaired) electrons. The predicted octanol–water partition coefficient (Wildman–Crippen LogP) is 2.41. The number of hydrogen-bond acceptors (Lipinski definition) is 3. The highest BCUT2D eigenvalue weighted by Gasteiger charge is 2.06. The Morgan fingerprint density at radius 2 is 1.86 bits per heavy atom. The van der Waals surface area contributed by atoms with Crippen molar-refractivity contribution in [2.24, 2.45) is 0 Å². The van der Waals surface area contributed by atoms with Gasteiger partial charge >= 0.3 is 0 Å². The molecular formula is C11H12N2O. The largest absolute Gasteiger partial charge is 0.423 e. The van der Waals surface area contributed by atoms with Crippen LogP contribution in [0.15, 0.2) is 40.9 Å². The van der Waals surface area contributed by atoms with Crippen molar-refractivity contribution in [3.63, 3.8) is 0 Å². The van der Waals surface area contributed by atoms with Crippen molar-refractivity contribution in [1.82, 2.24) is 4.98 Å². The van der Waals surface area contributed by atoms with Gasteiger partial charge in [0.25, 0.3) is 6.01 Å². The Bertz CT molecular complexity index is 406. The molecule has 0 saturated carbocycles. The Balaban J connectivity index is 2.34. The fourth-order valence-electron chi connectivity index (χ4n) is 1.21. The fourth-order valence-corrected chi connectivity index (χ4v) is 1.21. The molecule has 0 unspecified atom stereocenters. The molecule has 0 bridgehead atoms. The molecule has 0 N–H and O–H groups in total. The summed E-state index contributed by atoms with van der Waals surface area (Å²) in [6, 6.07) is 10.6. The van der Waals surface area contributed by atoms with E-state index in [1.165, 1.54) is 0 Å². The first kappa shape index (κ1) is 8.81. The third kappa shape index (κ3) is 1.62. The molecule has 0 aliphatic heterocycles. The molecule has 3 heteroatoms. The molecule has 0 aliphatic carbocycles. The lowest BCUT2D eigenvalue weighted by Gasteiger charge is -2.04. The number of oxazole rings is 1. The van der Waals surface area contributed by atoms with Gasteiger partial charge in [-0.25, -0.2) is 4.98 Å². The summed E-state index contributed by atoms with van der Waals surface area (Å²) in [6.45, 7) is 0. The molecule has 0 aliphatic rings. The van der Waals surface area contributed by atoms with Gasteiger partial charge in [-0.15, -0.1) is 0 Å². The van der Waals surface area contributed by atoms with Crippen LogP contribution in [0.25, 0.3) is 11.3 Å².